The first-order chi connectivity index (χ1) is 8.80. The van der Waals surface area contributed by atoms with Gasteiger partial charge in [0.2, 0.25) is 0 Å². The van der Waals surface area contributed by atoms with E-state index in [2.05, 4.69) is 0 Å². The Labute approximate surface area is 116 Å². The van der Waals surface area contributed by atoms with Crippen LogP contribution in [0.4, 0.5) is 4.39 Å². The number of nitrogens with zero attached hydrogens (tertiary/aromatic N) is 1. The van der Waals surface area contributed by atoms with Crippen molar-refractivity contribution in [1.82, 2.24) is 4.90 Å². The number of carbonyl (C=O) groups excluding carboxylic acids is 1. The molecule has 1 aliphatic rings. The molecule has 1 aromatic rings. The molecule has 2 rings (SSSR count). The number of halogens is 2. The molecule has 1 amide bonds. The van der Waals surface area contributed by atoms with Crippen molar-refractivity contribution in [3.8, 4) is 0 Å². The van der Waals surface area contributed by atoms with Crippen LogP contribution < -0.4 is 0 Å². The monoisotopic (exact) mass is 305 g/mol. The Morgan fingerprint density at radius 3 is 2.68 bits per heavy atom. The minimum absolute atomic E-state index is 0.0650. The molecule has 0 spiro atoms. The maximum atomic E-state index is 13.7. The summed E-state index contributed by atoms with van der Waals surface area (Å²) in [5.41, 5.74) is -0.101. The molecular weight excluding hydrogens is 293 g/mol. The van der Waals surface area contributed by atoms with E-state index in [9.17, 15) is 17.6 Å². The molecule has 1 fully saturated rings. The Bertz CT molecular complexity index is 617. The standard InChI is InChI=1S/C12H13ClFNO3S/c1-15(9-4-5-19(17,18)7-9)12(16)10-3-2-8(13)6-11(10)14/h2-3,6,9H,4-5,7H2,1H3/t9-/m0/s1. The van der Waals surface area contributed by atoms with Crippen LogP contribution in [0.25, 0.3) is 0 Å². The summed E-state index contributed by atoms with van der Waals surface area (Å²) < 4.78 is 36.4. The second-order valence-corrected chi connectivity index (χ2v) is 7.26. The van der Waals surface area contributed by atoms with Gasteiger partial charge in [-0.3, -0.25) is 4.79 Å². The largest absolute Gasteiger partial charge is 0.338 e. The second-order valence-electron chi connectivity index (χ2n) is 4.60. The van der Waals surface area contributed by atoms with Crippen LogP contribution in [0.5, 0.6) is 0 Å². The third-order valence-electron chi connectivity index (χ3n) is 3.24. The van der Waals surface area contributed by atoms with Crippen molar-refractivity contribution < 1.29 is 17.6 Å². The van der Waals surface area contributed by atoms with Gasteiger partial charge in [0.15, 0.2) is 9.84 Å². The van der Waals surface area contributed by atoms with E-state index in [1.807, 2.05) is 0 Å². The summed E-state index contributed by atoms with van der Waals surface area (Å²) in [4.78, 5) is 13.4. The van der Waals surface area contributed by atoms with Crippen molar-refractivity contribution in [2.24, 2.45) is 0 Å². The first kappa shape index (κ1) is 14.3. The van der Waals surface area contributed by atoms with E-state index in [0.29, 0.717) is 6.42 Å². The predicted octanol–water partition coefficient (Wildman–Crippen LogP) is 1.74. The lowest BCUT2D eigenvalue weighted by Crippen LogP contribution is -2.38. The molecule has 4 nitrogen and oxygen atoms in total. The molecule has 1 aliphatic heterocycles. The minimum atomic E-state index is -3.08. The highest BCUT2D eigenvalue weighted by Crippen LogP contribution is 2.21. The summed E-state index contributed by atoms with van der Waals surface area (Å²) in [5, 5.41) is 0.208. The normalized spacial score (nSPS) is 21.3. The molecule has 1 saturated heterocycles. The lowest BCUT2D eigenvalue weighted by Gasteiger charge is -2.23. The number of hydrogen-bond acceptors (Lipinski definition) is 3. The first-order valence-electron chi connectivity index (χ1n) is 5.73. The molecule has 104 valence electrons. The molecule has 0 aromatic heterocycles. The molecule has 1 heterocycles. The van der Waals surface area contributed by atoms with Gasteiger partial charge in [-0.2, -0.15) is 0 Å². The maximum Gasteiger partial charge on any atom is 0.256 e. The van der Waals surface area contributed by atoms with Crippen LogP contribution in [0.1, 0.15) is 16.8 Å². The van der Waals surface area contributed by atoms with Gasteiger partial charge in [0.05, 0.1) is 17.1 Å². The number of sulfone groups is 1. The van der Waals surface area contributed by atoms with Crippen LogP contribution >= 0.6 is 11.6 Å². The van der Waals surface area contributed by atoms with Crippen molar-refractivity contribution in [3.05, 3.63) is 34.6 Å². The summed E-state index contributed by atoms with van der Waals surface area (Å²) in [7, 11) is -1.59. The summed E-state index contributed by atoms with van der Waals surface area (Å²) in [5.74, 6) is -1.23. The maximum absolute atomic E-state index is 13.7. The van der Waals surface area contributed by atoms with Crippen LogP contribution in [0.2, 0.25) is 5.02 Å². The lowest BCUT2D eigenvalue weighted by atomic mass is 10.1. The van der Waals surface area contributed by atoms with Crippen molar-refractivity contribution in [2.45, 2.75) is 12.5 Å². The average molecular weight is 306 g/mol. The summed E-state index contributed by atoms with van der Waals surface area (Å²) >= 11 is 5.62. The summed E-state index contributed by atoms with van der Waals surface area (Å²) in [6.45, 7) is 0. The van der Waals surface area contributed by atoms with Crippen LogP contribution in [-0.2, 0) is 9.84 Å². The molecule has 19 heavy (non-hydrogen) atoms. The highest BCUT2D eigenvalue weighted by atomic mass is 35.5. The number of carbonyl (C=O) groups is 1. The number of benzene rings is 1. The third-order valence-corrected chi connectivity index (χ3v) is 5.22. The molecule has 0 radical (unpaired) electrons. The van der Waals surface area contributed by atoms with Gasteiger partial charge in [0.25, 0.3) is 5.91 Å². The quantitative estimate of drug-likeness (QED) is 0.836. The Balaban J connectivity index is 2.20. The number of rotatable bonds is 2. The molecule has 0 unspecified atom stereocenters. The number of amides is 1. The van der Waals surface area contributed by atoms with Crippen molar-refractivity contribution in [3.63, 3.8) is 0 Å². The second kappa shape index (κ2) is 5.09. The van der Waals surface area contributed by atoms with Gasteiger partial charge in [-0.05, 0) is 24.6 Å². The fourth-order valence-corrected chi connectivity index (χ4v) is 4.03. The van der Waals surface area contributed by atoms with Crippen molar-refractivity contribution in [1.29, 1.82) is 0 Å². The predicted molar refractivity (Wildman–Crippen MR) is 70.6 cm³/mol. The Hall–Kier alpha value is -1.14. The smallest absolute Gasteiger partial charge is 0.256 e. The molecule has 1 atom stereocenters. The highest BCUT2D eigenvalue weighted by molar-refractivity contribution is 7.91. The Morgan fingerprint density at radius 2 is 2.16 bits per heavy atom. The fourth-order valence-electron chi connectivity index (χ4n) is 2.10. The zero-order valence-corrected chi connectivity index (χ0v) is 11.8. The van der Waals surface area contributed by atoms with Crippen molar-refractivity contribution >= 4 is 27.3 Å². The molecule has 0 N–H and O–H groups in total. The van der Waals surface area contributed by atoms with Crippen molar-refractivity contribution in [2.75, 3.05) is 18.6 Å². The van der Waals surface area contributed by atoms with E-state index < -0.39 is 27.6 Å². The lowest BCUT2D eigenvalue weighted by molar-refractivity contribution is 0.0743. The topological polar surface area (TPSA) is 54.5 Å². The third kappa shape index (κ3) is 3.06. The van der Waals surface area contributed by atoms with Crippen LogP contribution in [0.15, 0.2) is 18.2 Å². The van der Waals surface area contributed by atoms with Gasteiger partial charge in [0.1, 0.15) is 5.82 Å². The zero-order chi connectivity index (χ0) is 14.2. The summed E-state index contributed by atoms with van der Waals surface area (Å²) in [6.07, 6.45) is 0.389. The van der Waals surface area contributed by atoms with E-state index in [0.717, 1.165) is 6.07 Å². The first-order valence-corrected chi connectivity index (χ1v) is 7.93. The van der Waals surface area contributed by atoms with Crippen LogP contribution in [0, 0.1) is 5.82 Å². The van der Waals surface area contributed by atoms with E-state index >= 15 is 0 Å². The fraction of sp³-hybridized carbons (Fsp3) is 0.417. The van der Waals surface area contributed by atoms with Gasteiger partial charge >= 0.3 is 0 Å². The molecule has 0 saturated carbocycles. The Morgan fingerprint density at radius 1 is 1.47 bits per heavy atom. The minimum Gasteiger partial charge on any atom is -0.338 e. The van der Waals surface area contributed by atoms with Gasteiger partial charge in [0, 0.05) is 18.1 Å². The Kier molecular flexibility index (Phi) is 3.82. The van der Waals surface area contributed by atoms with Gasteiger partial charge < -0.3 is 4.90 Å². The SMILES string of the molecule is CN(C(=O)c1ccc(Cl)cc1F)[C@H]1CCS(=O)(=O)C1. The van der Waals surface area contributed by atoms with Gasteiger partial charge in [-0.15, -0.1) is 0 Å². The molecule has 7 heteroatoms. The molecular formula is C12H13ClFNO3S. The highest BCUT2D eigenvalue weighted by Gasteiger charge is 2.33. The summed E-state index contributed by atoms with van der Waals surface area (Å²) in [6, 6.07) is 3.40. The number of hydrogen-bond donors (Lipinski definition) is 0. The molecule has 1 aromatic carbocycles. The van der Waals surface area contributed by atoms with E-state index in [4.69, 9.17) is 11.6 Å². The molecule has 0 aliphatic carbocycles. The zero-order valence-electron chi connectivity index (χ0n) is 10.3. The molecule has 0 bridgehead atoms. The van der Waals surface area contributed by atoms with E-state index in [-0.39, 0.29) is 22.1 Å². The van der Waals surface area contributed by atoms with Gasteiger partial charge in [-0.25, -0.2) is 12.8 Å². The van der Waals surface area contributed by atoms with Gasteiger partial charge in [-0.1, -0.05) is 11.6 Å². The van der Waals surface area contributed by atoms with E-state index in [1.54, 1.807) is 0 Å². The van der Waals surface area contributed by atoms with E-state index in [1.165, 1.54) is 24.1 Å². The van der Waals surface area contributed by atoms with Crippen LogP contribution in [0.3, 0.4) is 0 Å². The average Bonchev–Trinajstić information content (AvgIpc) is 2.68. The van der Waals surface area contributed by atoms with Crippen LogP contribution in [-0.4, -0.2) is 43.8 Å².